The molecule has 0 aromatic carbocycles. The molecule has 0 aliphatic heterocycles. The Balaban J connectivity index is 1.52. The van der Waals surface area contributed by atoms with Crippen LogP contribution in [-0.2, 0) is 13.0 Å². The second-order valence-corrected chi connectivity index (χ2v) is 6.98. The first-order valence-electron chi connectivity index (χ1n) is 9.83. The monoisotopic (exact) mass is 418 g/mol. The molecule has 1 amide bonds. The van der Waals surface area contributed by atoms with Crippen LogP contribution in [0.4, 0.5) is 0 Å². The highest BCUT2D eigenvalue weighted by Gasteiger charge is 2.21. The van der Waals surface area contributed by atoms with Gasteiger partial charge in [-0.15, -0.1) is 0 Å². The third-order valence-electron chi connectivity index (χ3n) is 4.73. The van der Waals surface area contributed by atoms with E-state index in [9.17, 15) is 9.90 Å². The van der Waals surface area contributed by atoms with Crippen molar-refractivity contribution in [3.05, 3.63) is 84.0 Å². The summed E-state index contributed by atoms with van der Waals surface area (Å²) in [7, 11) is 0. The summed E-state index contributed by atoms with van der Waals surface area (Å²) in [5.74, 6) is 0.816. The Hall–Kier alpha value is -3.85. The molecule has 9 nitrogen and oxygen atoms in total. The lowest BCUT2D eigenvalue weighted by Gasteiger charge is -2.15. The van der Waals surface area contributed by atoms with Gasteiger partial charge < -0.3 is 15.2 Å². The number of fused-ring (bicyclic) bond motifs is 1. The largest absolute Gasteiger partial charge is 0.487 e. The third-order valence-corrected chi connectivity index (χ3v) is 4.73. The number of carbonyl (C=O) groups excluding carboxylic acids is 1. The number of pyridine rings is 2. The summed E-state index contributed by atoms with van der Waals surface area (Å²) in [5, 5.41) is 17.0. The molecule has 0 saturated carbocycles. The minimum absolute atomic E-state index is 0.235. The molecule has 0 bridgehead atoms. The lowest BCUT2D eigenvalue weighted by molar-refractivity contribution is 0.0917. The fourth-order valence-corrected chi connectivity index (χ4v) is 3.23. The maximum atomic E-state index is 13.0. The van der Waals surface area contributed by atoms with Crippen molar-refractivity contribution in [3.8, 4) is 5.75 Å². The summed E-state index contributed by atoms with van der Waals surface area (Å²) < 4.78 is 7.46. The zero-order valence-corrected chi connectivity index (χ0v) is 17.0. The highest BCUT2D eigenvalue weighted by molar-refractivity contribution is 6.02. The lowest BCUT2D eigenvalue weighted by Crippen LogP contribution is -2.39. The van der Waals surface area contributed by atoms with Crippen molar-refractivity contribution in [2.45, 2.75) is 26.0 Å². The van der Waals surface area contributed by atoms with Gasteiger partial charge >= 0.3 is 0 Å². The molecule has 9 heteroatoms. The molecule has 1 atom stereocenters. The molecule has 0 radical (unpaired) electrons. The first kappa shape index (κ1) is 20.4. The van der Waals surface area contributed by atoms with Gasteiger partial charge in [-0.1, -0.05) is 6.07 Å². The van der Waals surface area contributed by atoms with Crippen molar-refractivity contribution in [1.82, 2.24) is 29.9 Å². The standard InChI is InChI=1S/C22H22N6O3/c1-15-21(22(30)26-17(13-29)11-20-24-8-4-9-25-20)19-12-18(6-10-28(19)27-15)31-14-16-5-2-3-7-23-16/h2-10,12,17,29H,11,13-14H2,1H3,(H,26,30). The van der Waals surface area contributed by atoms with Crippen LogP contribution >= 0.6 is 0 Å². The van der Waals surface area contributed by atoms with E-state index in [0.717, 1.165) is 5.69 Å². The van der Waals surface area contributed by atoms with E-state index in [-0.39, 0.29) is 12.5 Å². The van der Waals surface area contributed by atoms with E-state index in [2.05, 4.69) is 25.4 Å². The quantitative estimate of drug-likeness (QED) is 0.448. The van der Waals surface area contributed by atoms with Gasteiger partial charge in [-0.25, -0.2) is 14.5 Å². The maximum absolute atomic E-state index is 13.0. The Morgan fingerprint density at radius 2 is 1.97 bits per heavy atom. The number of aromatic nitrogens is 5. The molecule has 31 heavy (non-hydrogen) atoms. The molecule has 4 heterocycles. The molecule has 4 aromatic rings. The number of carbonyl (C=O) groups is 1. The summed E-state index contributed by atoms with van der Waals surface area (Å²) >= 11 is 0. The SMILES string of the molecule is Cc1nn2ccc(OCc3ccccn3)cc2c1C(=O)NC(CO)Cc1ncccn1. The lowest BCUT2D eigenvalue weighted by atomic mass is 10.1. The summed E-state index contributed by atoms with van der Waals surface area (Å²) in [6, 6.07) is 10.4. The number of nitrogens with zero attached hydrogens (tertiary/aromatic N) is 5. The van der Waals surface area contributed by atoms with Crippen LogP contribution in [-0.4, -0.2) is 48.2 Å². The summed E-state index contributed by atoms with van der Waals surface area (Å²) in [6.07, 6.45) is 7.03. The number of aliphatic hydroxyl groups excluding tert-OH is 1. The van der Waals surface area contributed by atoms with Crippen molar-refractivity contribution in [1.29, 1.82) is 0 Å². The Bertz CT molecular complexity index is 1160. The van der Waals surface area contributed by atoms with Gasteiger partial charge in [-0.3, -0.25) is 9.78 Å². The van der Waals surface area contributed by atoms with Crippen LogP contribution in [0.5, 0.6) is 5.75 Å². The number of hydrogen-bond donors (Lipinski definition) is 2. The van der Waals surface area contributed by atoms with Crippen molar-refractivity contribution in [3.63, 3.8) is 0 Å². The van der Waals surface area contributed by atoms with Gasteiger partial charge in [-0.2, -0.15) is 5.10 Å². The first-order valence-corrected chi connectivity index (χ1v) is 9.83. The van der Waals surface area contributed by atoms with E-state index in [1.54, 1.807) is 54.4 Å². The second kappa shape index (κ2) is 9.31. The van der Waals surface area contributed by atoms with Crippen molar-refractivity contribution in [2.24, 2.45) is 0 Å². The molecule has 4 rings (SSSR count). The third kappa shape index (κ3) is 4.84. The highest BCUT2D eigenvalue weighted by atomic mass is 16.5. The topological polar surface area (TPSA) is 115 Å². The minimum Gasteiger partial charge on any atom is -0.487 e. The fourth-order valence-electron chi connectivity index (χ4n) is 3.23. The average Bonchev–Trinajstić information content (AvgIpc) is 3.13. The second-order valence-electron chi connectivity index (χ2n) is 6.98. The number of aliphatic hydroxyl groups is 1. The molecule has 0 spiro atoms. The van der Waals surface area contributed by atoms with Crippen LogP contribution < -0.4 is 10.1 Å². The minimum atomic E-state index is -0.521. The molecule has 1 unspecified atom stereocenters. The summed E-state index contributed by atoms with van der Waals surface area (Å²) in [5.41, 5.74) is 2.42. The molecule has 2 N–H and O–H groups in total. The van der Waals surface area contributed by atoms with Crippen molar-refractivity contribution < 1.29 is 14.6 Å². The van der Waals surface area contributed by atoms with Crippen LogP contribution in [0.15, 0.2) is 61.2 Å². The molecular formula is C22H22N6O3. The van der Waals surface area contributed by atoms with E-state index in [0.29, 0.717) is 41.4 Å². The van der Waals surface area contributed by atoms with Gasteiger partial charge in [-0.05, 0) is 31.2 Å². The van der Waals surface area contributed by atoms with Crippen LogP contribution in [0.25, 0.3) is 5.52 Å². The van der Waals surface area contributed by atoms with Crippen molar-refractivity contribution in [2.75, 3.05) is 6.61 Å². The van der Waals surface area contributed by atoms with E-state index >= 15 is 0 Å². The molecule has 0 aliphatic rings. The Morgan fingerprint density at radius 1 is 1.16 bits per heavy atom. The molecule has 0 aliphatic carbocycles. The number of ether oxygens (including phenoxy) is 1. The van der Waals surface area contributed by atoms with Crippen LogP contribution in [0, 0.1) is 6.92 Å². The average molecular weight is 418 g/mol. The van der Waals surface area contributed by atoms with Crippen molar-refractivity contribution >= 4 is 11.4 Å². The molecular weight excluding hydrogens is 396 g/mol. The van der Waals surface area contributed by atoms with Gasteiger partial charge in [0.25, 0.3) is 5.91 Å². The summed E-state index contributed by atoms with van der Waals surface area (Å²) in [6.45, 7) is 1.85. The number of rotatable bonds is 8. The highest BCUT2D eigenvalue weighted by Crippen LogP contribution is 2.21. The number of hydrogen-bond acceptors (Lipinski definition) is 7. The number of amides is 1. The van der Waals surface area contributed by atoms with Gasteiger partial charge in [0.2, 0.25) is 0 Å². The van der Waals surface area contributed by atoms with E-state index < -0.39 is 6.04 Å². The fraction of sp³-hybridized carbons (Fsp3) is 0.227. The zero-order chi connectivity index (χ0) is 21.6. The van der Waals surface area contributed by atoms with E-state index in [4.69, 9.17) is 4.74 Å². The predicted octanol–water partition coefficient (Wildman–Crippen LogP) is 1.74. The zero-order valence-electron chi connectivity index (χ0n) is 17.0. The number of aryl methyl sites for hydroxylation is 1. The Kier molecular flexibility index (Phi) is 6.13. The Morgan fingerprint density at radius 3 is 2.71 bits per heavy atom. The van der Waals surface area contributed by atoms with Gasteiger partial charge in [0.1, 0.15) is 18.2 Å². The molecule has 0 fully saturated rings. The predicted molar refractivity (Wildman–Crippen MR) is 113 cm³/mol. The van der Waals surface area contributed by atoms with Crippen LogP contribution in [0.1, 0.15) is 27.6 Å². The van der Waals surface area contributed by atoms with Crippen LogP contribution in [0.3, 0.4) is 0 Å². The van der Waals surface area contributed by atoms with Gasteiger partial charge in [0.15, 0.2) is 0 Å². The normalized spacial score (nSPS) is 11.9. The van der Waals surface area contributed by atoms with Gasteiger partial charge in [0, 0.05) is 37.3 Å². The smallest absolute Gasteiger partial charge is 0.255 e. The maximum Gasteiger partial charge on any atom is 0.255 e. The molecule has 158 valence electrons. The van der Waals surface area contributed by atoms with E-state index in [1.165, 1.54) is 0 Å². The first-order chi connectivity index (χ1) is 15.1. The molecule has 4 aromatic heterocycles. The number of nitrogens with one attached hydrogen (secondary N) is 1. The van der Waals surface area contributed by atoms with E-state index in [1.807, 2.05) is 18.2 Å². The summed E-state index contributed by atoms with van der Waals surface area (Å²) in [4.78, 5) is 25.6. The molecule has 0 saturated heterocycles. The van der Waals surface area contributed by atoms with Gasteiger partial charge in [0.05, 0.1) is 35.1 Å². The Labute approximate surface area is 178 Å². The van der Waals surface area contributed by atoms with Crippen LogP contribution in [0.2, 0.25) is 0 Å².